The van der Waals surface area contributed by atoms with Gasteiger partial charge >= 0.3 is 5.97 Å². The maximum absolute atomic E-state index is 12.9. The van der Waals surface area contributed by atoms with Crippen molar-refractivity contribution in [2.45, 2.75) is 44.6 Å². The van der Waals surface area contributed by atoms with Gasteiger partial charge in [-0.1, -0.05) is 31.4 Å². The van der Waals surface area contributed by atoms with Crippen LogP contribution in [0.25, 0.3) is 0 Å². The fourth-order valence-electron chi connectivity index (χ4n) is 2.98. The highest BCUT2D eigenvalue weighted by Gasteiger charge is 2.31. The van der Waals surface area contributed by atoms with E-state index < -0.39 is 6.04 Å². The summed E-state index contributed by atoms with van der Waals surface area (Å²) < 4.78 is 17.7. The summed E-state index contributed by atoms with van der Waals surface area (Å²) in [7, 11) is 1.34. The average Bonchev–Trinajstić information content (AvgIpc) is 2.55. The number of hydrogen-bond acceptors (Lipinski definition) is 3. The van der Waals surface area contributed by atoms with Crippen LogP contribution in [-0.4, -0.2) is 25.0 Å². The Hall–Kier alpha value is -1.91. The van der Waals surface area contributed by atoms with Gasteiger partial charge in [-0.2, -0.15) is 0 Å². The summed E-state index contributed by atoms with van der Waals surface area (Å²) >= 11 is 0. The average molecular weight is 307 g/mol. The third-order valence-electron chi connectivity index (χ3n) is 4.17. The molecule has 0 spiro atoms. The predicted octanol–water partition coefficient (Wildman–Crippen LogP) is 2.61. The van der Waals surface area contributed by atoms with E-state index in [1.807, 2.05) is 0 Å². The minimum absolute atomic E-state index is 0.125. The van der Waals surface area contributed by atoms with Crippen LogP contribution in [0.15, 0.2) is 24.3 Å². The monoisotopic (exact) mass is 307 g/mol. The number of hydrogen-bond donors (Lipinski definition) is 1. The summed E-state index contributed by atoms with van der Waals surface area (Å²) in [6.07, 6.45) is 5.31. The van der Waals surface area contributed by atoms with Gasteiger partial charge < -0.3 is 10.1 Å². The van der Waals surface area contributed by atoms with Crippen LogP contribution in [0.4, 0.5) is 4.39 Å². The number of carbonyl (C=O) groups excluding carboxylic acids is 2. The molecule has 1 atom stereocenters. The fraction of sp³-hybridized carbons (Fsp3) is 0.529. The molecule has 0 bridgehead atoms. The van der Waals surface area contributed by atoms with Crippen LogP contribution in [0.5, 0.6) is 0 Å². The second kappa shape index (κ2) is 7.92. The molecule has 1 N–H and O–H groups in total. The Morgan fingerprint density at radius 1 is 1.23 bits per heavy atom. The van der Waals surface area contributed by atoms with Gasteiger partial charge in [0.05, 0.1) is 13.5 Å². The minimum Gasteiger partial charge on any atom is -0.467 e. The zero-order valence-electron chi connectivity index (χ0n) is 12.8. The van der Waals surface area contributed by atoms with Crippen LogP contribution in [-0.2, 0) is 20.7 Å². The fourth-order valence-corrected chi connectivity index (χ4v) is 2.98. The summed E-state index contributed by atoms with van der Waals surface area (Å²) in [5.41, 5.74) is 0.714. The number of methoxy groups -OCH3 is 1. The molecule has 4 nitrogen and oxygen atoms in total. The number of carbonyl (C=O) groups is 2. The van der Waals surface area contributed by atoms with Gasteiger partial charge in [0.15, 0.2) is 0 Å². The lowest BCUT2D eigenvalue weighted by Crippen LogP contribution is -2.47. The molecule has 0 aromatic heterocycles. The first kappa shape index (κ1) is 16.5. The number of rotatable bonds is 5. The second-order valence-corrected chi connectivity index (χ2v) is 5.77. The number of amides is 1. The quantitative estimate of drug-likeness (QED) is 0.851. The van der Waals surface area contributed by atoms with Crippen molar-refractivity contribution in [2.24, 2.45) is 5.92 Å². The van der Waals surface area contributed by atoms with Crippen molar-refractivity contribution in [2.75, 3.05) is 7.11 Å². The molecule has 1 fully saturated rings. The Bertz CT molecular complexity index is 509. The Morgan fingerprint density at radius 2 is 1.86 bits per heavy atom. The van der Waals surface area contributed by atoms with Crippen molar-refractivity contribution in [1.82, 2.24) is 5.32 Å². The Morgan fingerprint density at radius 3 is 2.45 bits per heavy atom. The van der Waals surface area contributed by atoms with Crippen molar-refractivity contribution in [1.29, 1.82) is 0 Å². The number of esters is 1. The zero-order valence-corrected chi connectivity index (χ0v) is 12.8. The molecule has 0 saturated heterocycles. The maximum atomic E-state index is 12.9. The third kappa shape index (κ3) is 4.55. The highest BCUT2D eigenvalue weighted by atomic mass is 19.1. The first-order chi connectivity index (χ1) is 10.6. The maximum Gasteiger partial charge on any atom is 0.328 e. The van der Waals surface area contributed by atoms with Crippen molar-refractivity contribution in [3.05, 3.63) is 35.6 Å². The molecule has 1 aliphatic rings. The molecule has 22 heavy (non-hydrogen) atoms. The highest BCUT2D eigenvalue weighted by Crippen LogP contribution is 2.27. The first-order valence-corrected chi connectivity index (χ1v) is 7.72. The summed E-state index contributed by atoms with van der Waals surface area (Å²) in [6.45, 7) is 0. The van der Waals surface area contributed by atoms with Crippen LogP contribution < -0.4 is 5.32 Å². The molecule has 120 valence electrons. The van der Waals surface area contributed by atoms with Gasteiger partial charge in [-0.25, -0.2) is 9.18 Å². The van der Waals surface area contributed by atoms with Gasteiger partial charge in [-0.15, -0.1) is 0 Å². The number of benzene rings is 1. The van der Waals surface area contributed by atoms with E-state index in [4.69, 9.17) is 4.74 Å². The normalized spacial score (nSPS) is 16.8. The zero-order chi connectivity index (χ0) is 15.9. The summed E-state index contributed by atoms with van der Waals surface area (Å²) in [6, 6.07) is 5.20. The Labute approximate surface area is 130 Å². The largest absolute Gasteiger partial charge is 0.467 e. The van der Waals surface area contributed by atoms with Gasteiger partial charge in [-0.05, 0) is 36.5 Å². The van der Waals surface area contributed by atoms with Crippen LogP contribution >= 0.6 is 0 Å². The molecule has 1 saturated carbocycles. The second-order valence-electron chi connectivity index (χ2n) is 5.77. The van der Waals surface area contributed by atoms with Gasteiger partial charge in [0, 0.05) is 0 Å². The van der Waals surface area contributed by atoms with Crippen LogP contribution in [0.3, 0.4) is 0 Å². The molecule has 1 aromatic rings. The van der Waals surface area contributed by atoms with Crippen molar-refractivity contribution >= 4 is 11.9 Å². The van der Waals surface area contributed by atoms with Gasteiger partial charge in [-0.3, -0.25) is 4.79 Å². The molecule has 1 aromatic carbocycles. The molecule has 1 aliphatic carbocycles. The number of ether oxygens (including phenoxy) is 1. The lowest BCUT2D eigenvalue weighted by Gasteiger charge is -2.29. The molecule has 0 aliphatic heterocycles. The molecule has 2 rings (SSSR count). The first-order valence-electron chi connectivity index (χ1n) is 7.72. The Kier molecular flexibility index (Phi) is 5.92. The molecular formula is C17H22FNO3. The van der Waals surface area contributed by atoms with Crippen LogP contribution in [0.2, 0.25) is 0 Å². The van der Waals surface area contributed by atoms with E-state index in [1.54, 1.807) is 12.1 Å². The molecule has 0 heterocycles. The minimum atomic E-state index is -0.585. The molecule has 0 unspecified atom stereocenters. The topological polar surface area (TPSA) is 55.4 Å². The molecule has 0 radical (unpaired) electrons. The molecule has 5 heteroatoms. The van der Waals surface area contributed by atoms with E-state index in [1.165, 1.54) is 25.7 Å². The van der Waals surface area contributed by atoms with Crippen molar-refractivity contribution in [3.63, 3.8) is 0 Å². The van der Waals surface area contributed by atoms with E-state index in [2.05, 4.69) is 5.32 Å². The third-order valence-corrected chi connectivity index (χ3v) is 4.17. The van der Waals surface area contributed by atoms with Crippen molar-refractivity contribution < 1.29 is 18.7 Å². The van der Waals surface area contributed by atoms with E-state index in [0.29, 0.717) is 5.56 Å². The predicted molar refractivity (Wildman–Crippen MR) is 80.6 cm³/mol. The molecule has 1 amide bonds. The summed E-state index contributed by atoms with van der Waals surface area (Å²) in [5, 5.41) is 2.79. The van der Waals surface area contributed by atoms with Gasteiger partial charge in [0.25, 0.3) is 0 Å². The number of nitrogens with one attached hydrogen (secondary N) is 1. The smallest absolute Gasteiger partial charge is 0.328 e. The molecular weight excluding hydrogens is 285 g/mol. The van der Waals surface area contributed by atoms with Crippen molar-refractivity contribution in [3.8, 4) is 0 Å². The highest BCUT2D eigenvalue weighted by molar-refractivity contribution is 5.85. The number of halogens is 1. The summed E-state index contributed by atoms with van der Waals surface area (Å²) in [4.78, 5) is 24.1. The lowest BCUT2D eigenvalue weighted by molar-refractivity contribution is -0.147. The van der Waals surface area contributed by atoms with E-state index >= 15 is 0 Å². The SMILES string of the molecule is COC(=O)[C@@H](NC(=O)Cc1ccc(F)cc1)C1CCCCC1. The van der Waals surface area contributed by atoms with Gasteiger partial charge in [0.2, 0.25) is 5.91 Å². The lowest BCUT2D eigenvalue weighted by atomic mass is 9.83. The Balaban J connectivity index is 1.97. The standard InChI is InChI=1S/C17H22FNO3/c1-22-17(21)16(13-5-3-2-4-6-13)19-15(20)11-12-7-9-14(18)10-8-12/h7-10,13,16H,2-6,11H2,1H3,(H,19,20)/t16-/m0/s1. The van der Waals surface area contributed by atoms with Crippen LogP contribution in [0.1, 0.15) is 37.7 Å². The van der Waals surface area contributed by atoms with E-state index in [-0.39, 0.29) is 30.0 Å². The summed E-state index contributed by atoms with van der Waals surface area (Å²) in [5.74, 6) is -0.830. The van der Waals surface area contributed by atoms with E-state index in [9.17, 15) is 14.0 Å². The van der Waals surface area contributed by atoms with E-state index in [0.717, 1.165) is 25.7 Å². The van der Waals surface area contributed by atoms with Gasteiger partial charge in [0.1, 0.15) is 11.9 Å². The van der Waals surface area contributed by atoms with Crippen LogP contribution in [0, 0.1) is 11.7 Å².